The lowest BCUT2D eigenvalue weighted by molar-refractivity contribution is -0.138. The monoisotopic (exact) mass is 488 g/mol. The largest absolute Gasteiger partial charge is 0.416 e. The van der Waals surface area contributed by atoms with Crippen molar-refractivity contribution in [2.24, 2.45) is 0 Å². The predicted octanol–water partition coefficient (Wildman–Crippen LogP) is 1.92. The van der Waals surface area contributed by atoms with Gasteiger partial charge in [-0.2, -0.15) is 18.2 Å². The van der Waals surface area contributed by atoms with Crippen LogP contribution in [0.15, 0.2) is 41.7 Å². The molecule has 0 radical (unpaired) electrons. The van der Waals surface area contributed by atoms with Gasteiger partial charge >= 0.3 is 11.9 Å². The third-order valence-electron chi connectivity index (χ3n) is 6.61. The number of anilines is 1. The Morgan fingerprint density at radius 2 is 2.00 bits per heavy atom. The van der Waals surface area contributed by atoms with E-state index in [1.807, 2.05) is 17.9 Å². The minimum absolute atomic E-state index is 0.126. The van der Waals surface area contributed by atoms with Crippen LogP contribution in [-0.2, 0) is 17.5 Å². The zero-order valence-electron chi connectivity index (χ0n) is 18.5. The SMILES string of the molecule is C=CC(=O)N1CCN(c2nc(=O)n3c4c2=CC(c2ccccc2C(F)(F)F)C=4SCC3)[C@@H](C)C1. The van der Waals surface area contributed by atoms with Crippen LogP contribution in [0.3, 0.4) is 0 Å². The second-order valence-electron chi connectivity index (χ2n) is 8.60. The summed E-state index contributed by atoms with van der Waals surface area (Å²) >= 11 is 1.50. The van der Waals surface area contributed by atoms with Gasteiger partial charge in [-0.05, 0) is 24.6 Å². The molecule has 0 bridgehead atoms. The number of thioether (sulfide) groups is 1. The first-order valence-corrected chi connectivity index (χ1v) is 12.0. The molecule has 2 aromatic rings. The highest BCUT2D eigenvalue weighted by Crippen LogP contribution is 2.43. The number of amides is 1. The summed E-state index contributed by atoms with van der Waals surface area (Å²) in [7, 11) is 0. The number of hydrogen-bond donors (Lipinski definition) is 0. The zero-order chi connectivity index (χ0) is 24.2. The fourth-order valence-electron chi connectivity index (χ4n) is 5.06. The fourth-order valence-corrected chi connectivity index (χ4v) is 6.28. The molecule has 3 heterocycles. The number of alkyl halides is 3. The average molecular weight is 489 g/mol. The van der Waals surface area contributed by atoms with Crippen molar-refractivity contribution < 1.29 is 18.0 Å². The summed E-state index contributed by atoms with van der Waals surface area (Å²) in [5.41, 5.74) is -0.896. The highest BCUT2D eigenvalue weighted by Gasteiger charge is 2.38. The second-order valence-corrected chi connectivity index (χ2v) is 9.74. The van der Waals surface area contributed by atoms with E-state index >= 15 is 0 Å². The molecule has 5 rings (SSSR count). The molecular weight excluding hydrogens is 465 g/mol. The maximum absolute atomic E-state index is 13.8. The lowest BCUT2D eigenvalue weighted by atomic mass is 9.94. The van der Waals surface area contributed by atoms with Gasteiger partial charge in [0.25, 0.3) is 0 Å². The Hall–Kier alpha value is -3.01. The number of carbonyl (C=O) groups excluding carboxylic acids is 1. The molecule has 1 fully saturated rings. The molecule has 34 heavy (non-hydrogen) atoms. The van der Waals surface area contributed by atoms with Gasteiger partial charge in [-0.25, -0.2) is 4.79 Å². The van der Waals surface area contributed by atoms with Gasteiger partial charge in [-0.1, -0.05) is 30.9 Å². The van der Waals surface area contributed by atoms with E-state index in [1.165, 1.54) is 30.0 Å². The van der Waals surface area contributed by atoms with Crippen LogP contribution >= 0.6 is 11.8 Å². The molecule has 6 nitrogen and oxygen atoms in total. The van der Waals surface area contributed by atoms with Crippen molar-refractivity contribution in [1.29, 1.82) is 0 Å². The van der Waals surface area contributed by atoms with E-state index in [2.05, 4.69) is 11.6 Å². The van der Waals surface area contributed by atoms with Crippen LogP contribution in [0.25, 0.3) is 11.0 Å². The van der Waals surface area contributed by atoms with Gasteiger partial charge in [0.1, 0.15) is 5.82 Å². The minimum Gasteiger partial charge on any atom is -0.350 e. The Labute approximate surface area is 198 Å². The Kier molecular flexibility index (Phi) is 5.58. The maximum atomic E-state index is 13.8. The molecule has 178 valence electrons. The first kappa shape index (κ1) is 22.8. The Morgan fingerprint density at radius 3 is 2.71 bits per heavy atom. The molecular formula is C24H23F3N4O2S. The number of aromatic nitrogens is 2. The predicted molar refractivity (Wildman–Crippen MR) is 126 cm³/mol. The molecule has 1 aliphatic carbocycles. The van der Waals surface area contributed by atoms with Crippen LogP contribution in [0.2, 0.25) is 0 Å². The molecule has 10 heteroatoms. The molecule has 2 aliphatic heterocycles. The van der Waals surface area contributed by atoms with E-state index in [0.29, 0.717) is 48.3 Å². The maximum Gasteiger partial charge on any atom is 0.416 e. The second kappa shape index (κ2) is 8.33. The summed E-state index contributed by atoms with van der Waals surface area (Å²) in [5, 5.41) is 1.36. The van der Waals surface area contributed by atoms with Gasteiger partial charge in [-0.3, -0.25) is 9.36 Å². The van der Waals surface area contributed by atoms with Gasteiger partial charge in [0.2, 0.25) is 5.91 Å². The normalized spacial score (nSPS) is 21.8. The van der Waals surface area contributed by atoms with E-state index in [-0.39, 0.29) is 17.5 Å². The Morgan fingerprint density at radius 1 is 1.24 bits per heavy atom. The lowest BCUT2D eigenvalue weighted by Crippen LogP contribution is -2.57. The van der Waals surface area contributed by atoms with E-state index in [0.717, 1.165) is 11.0 Å². The Balaban J connectivity index is 1.66. The van der Waals surface area contributed by atoms with Crippen LogP contribution in [0.4, 0.5) is 19.0 Å². The van der Waals surface area contributed by atoms with Gasteiger partial charge in [0.05, 0.1) is 10.9 Å². The number of carbonyl (C=O) groups is 1. The highest BCUT2D eigenvalue weighted by molar-refractivity contribution is 8.08. The fraction of sp³-hybridized carbons (Fsp3) is 0.375. The molecule has 0 spiro atoms. The van der Waals surface area contributed by atoms with E-state index in [4.69, 9.17) is 0 Å². The first-order valence-electron chi connectivity index (χ1n) is 11.0. The average Bonchev–Trinajstić information content (AvgIpc) is 3.21. The highest BCUT2D eigenvalue weighted by atomic mass is 32.2. The third-order valence-corrected chi connectivity index (χ3v) is 7.75. The van der Waals surface area contributed by atoms with Crippen molar-refractivity contribution in [3.05, 3.63) is 69.1 Å². The molecule has 0 saturated carbocycles. The number of benzene rings is 1. The van der Waals surface area contributed by atoms with Gasteiger partial charge in [0.15, 0.2) is 0 Å². The van der Waals surface area contributed by atoms with Crippen molar-refractivity contribution >= 4 is 34.5 Å². The van der Waals surface area contributed by atoms with Crippen molar-refractivity contribution in [1.82, 2.24) is 14.5 Å². The van der Waals surface area contributed by atoms with Crippen LogP contribution in [-0.4, -0.2) is 51.8 Å². The minimum atomic E-state index is -4.48. The molecule has 1 aromatic heterocycles. The summed E-state index contributed by atoms with van der Waals surface area (Å²) in [4.78, 5) is 33.9. The number of halogens is 3. The number of rotatable bonds is 3. The molecule has 0 N–H and O–H groups in total. The van der Waals surface area contributed by atoms with Crippen LogP contribution in [0, 0.1) is 0 Å². The Bertz CT molecular complexity index is 1370. The van der Waals surface area contributed by atoms with Crippen molar-refractivity contribution in [2.75, 3.05) is 30.3 Å². The summed E-state index contributed by atoms with van der Waals surface area (Å²) in [5.74, 6) is 0.309. The molecule has 3 aliphatic rings. The van der Waals surface area contributed by atoms with Crippen LogP contribution < -0.4 is 21.2 Å². The van der Waals surface area contributed by atoms with Crippen LogP contribution in [0.1, 0.15) is 24.0 Å². The molecule has 1 aromatic carbocycles. The molecule has 1 amide bonds. The van der Waals surface area contributed by atoms with E-state index in [1.54, 1.807) is 15.5 Å². The third kappa shape index (κ3) is 3.64. The van der Waals surface area contributed by atoms with Gasteiger partial charge in [-0.15, -0.1) is 11.8 Å². The smallest absolute Gasteiger partial charge is 0.350 e. The summed E-state index contributed by atoms with van der Waals surface area (Å²) in [6.45, 7) is 7.29. The molecule has 2 atom stereocenters. The van der Waals surface area contributed by atoms with E-state index in [9.17, 15) is 22.8 Å². The summed E-state index contributed by atoms with van der Waals surface area (Å²) in [6.07, 6.45) is -1.39. The zero-order valence-corrected chi connectivity index (χ0v) is 19.3. The van der Waals surface area contributed by atoms with Gasteiger partial charge < -0.3 is 9.80 Å². The number of piperazine rings is 1. The molecule has 1 saturated heterocycles. The van der Waals surface area contributed by atoms with Crippen LogP contribution in [0.5, 0.6) is 0 Å². The quantitative estimate of drug-likeness (QED) is 0.618. The van der Waals surface area contributed by atoms with Crippen molar-refractivity contribution in [3.8, 4) is 0 Å². The number of nitrogens with zero attached hydrogens (tertiary/aromatic N) is 4. The van der Waals surface area contributed by atoms with E-state index < -0.39 is 23.3 Å². The van der Waals surface area contributed by atoms with Crippen molar-refractivity contribution in [3.63, 3.8) is 0 Å². The standard InChI is InChI=1S/C24H23F3N4O2S/c1-3-19(32)29-8-9-30(14(2)13-29)22-17-12-16(15-6-4-5-7-18(15)24(25,26)27)21-20(17)31(10-11-34-21)23(33)28-22/h3-7,12,14,16H,1,8-11,13H2,2H3/t14-,16?/m0/s1. The number of hydrogen-bond acceptors (Lipinski definition) is 5. The topological polar surface area (TPSA) is 58.4 Å². The first-order chi connectivity index (χ1) is 16.2. The summed E-state index contributed by atoms with van der Waals surface area (Å²) < 4.78 is 43.1. The van der Waals surface area contributed by atoms with Crippen molar-refractivity contribution in [2.45, 2.75) is 31.6 Å². The van der Waals surface area contributed by atoms with Gasteiger partial charge in [0, 0.05) is 54.0 Å². The summed E-state index contributed by atoms with van der Waals surface area (Å²) in [6, 6.07) is 5.49. The lowest BCUT2D eigenvalue weighted by Gasteiger charge is -2.40. The molecule has 1 unspecified atom stereocenters.